The first-order chi connectivity index (χ1) is 8.69. The lowest BCUT2D eigenvalue weighted by atomic mass is 10.0. The highest BCUT2D eigenvalue weighted by molar-refractivity contribution is 5.96. The van der Waals surface area contributed by atoms with Crippen molar-refractivity contribution in [2.45, 2.75) is 26.7 Å². The van der Waals surface area contributed by atoms with E-state index in [1.165, 1.54) is 11.1 Å². The lowest BCUT2D eigenvalue weighted by Crippen LogP contribution is -1.94. The Hall–Kier alpha value is -1.89. The Morgan fingerprint density at radius 3 is 2.50 bits per heavy atom. The number of rotatable bonds is 6. The third kappa shape index (κ3) is 4.17. The summed E-state index contributed by atoms with van der Waals surface area (Å²) in [6, 6.07) is 8.39. The van der Waals surface area contributed by atoms with Crippen molar-refractivity contribution in [3.63, 3.8) is 0 Å². The van der Waals surface area contributed by atoms with Crippen molar-refractivity contribution in [1.82, 2.24) is 0 Å². The predicted octanol–water partition coefficient (Wildman–Crippen LogP) is 4.05. The molecular formula is C17H20O. The zero-order valence-electron chi connectivity index (χ0n) is 11.1. The molecule has 0 fully saturated rings. The van der Waals surface area contributed by atoms with E-state index in [9.17, 15) is 4.79 Å². The second-order valence-corrected chi connectivity index (χ2v) is 4.14. The van der Waals surface area contributed by atoms with Gasteiger partial charge < -0.3 is 0 Å². The number of carbonyl (C=O) groups is 1. The molecule has 0 amide bonds. The molecule has 94 valence electrons. The van der Waals surface area contributed by atoms with Crippen LogP contribution in [0, 0.1) is 0 Å². The monoisotopic (exact) mass is 240 g/mol. The van der Waals surface area contributed by atoms with E-state index in [4.69, 9.17) is 0 Å². The molecule has 0 atom stereocenters. The molecule has 0 saturated heterocycles. The SMILES string of the molecule is C=C/C=C(\C=C/Cc1ccccc1CC)C(C)=O. The van der Waals surface area contributed by atoms with Gasteiger partial charge in [0.15, 0.2) is 5.78 Å². The zero-order valence-corrected chi connectivity index (χ0v) is 11.1. The molecule has 18 heavy (non-hydrogen) atoms. The van der Waals surface area contributed by atoms with Gasteiger partial charge in [-0.2, -0.15) is 0 Å². The Morgan fingerprint density at radius 2 is 1.94 bits per heavy atom. The van der Waals surface area contributed by atoms with Crippen LogP contribution in [-0.4, -0.2) is 5.78 Å². The Kier molecular flexibility index (Phi) is 5.86. The van der Waals surface area contributed by atoms with E-state index in [2.05, 4.69) is 31.7 Å². The van der Waals surface area contributed by atoms with Gasteiger partial charge in [0, 0.05) is 5.57 Å². The van der Waals surface area contributed by atoms with Crippen molar-refractivity contribution in [3.05, 3.63) is 71.8 Å². The second-order valence-electron chi connectivity index (χ2n) is 4.14. The summed E-state index contributed by atoms with van der Waals surface area (Å²) >= 11 is 0. The molecule has 1 aromatic carbocycles. The summed E-state index contributed by atoms with van der Waals surface area (Å²) in [4.78, 5) is 11.3. The van der Waals surface area contributed by atoms with Crippen LogP contribution in [0.3, 0.4) is 0 Å². The Morgan fingerprint density at radius 1 is 1.28 bits per heavy atom. The molecule has 0 aliphatic carbocycles. The predicted molar refractivity (Wildman–Crippen MR) is 77.6 cm³/mol. The van der Waals surface area contributed by atoms with Gasteiger partial charge in [-0.3, -0.25) is 4.79 Å². The van der Waals surface area contributed by atoms with E-state index in [-0.39, 0.29) is 5.78 Å². The number of allylic oxidation sites excluding steroid dienone is 5. The van der Waals surface area contributed by atoms with Gasteiger partial charge in [0.1, 0.15) is 0 Å². The summed E-state index contributed by atoms with van der Waals surface area (Å²) in [7, 11) is 0. The number of hydrogen-bond acceptors (Lipinski definition) is 1. The molecule has 1 heteroatoms. The van der Waals surface area contributed by atoms with Crippen molar-refractivity contribution in [1.29, 1.82) is 0 Å². The molecule has 0 saturated carbocycles. The van der Waals surface area contributed by atoms with Gasteiger partial charge in [0.25, 0.3) is 0 Å². The molecule has 0 radical (unpaired) electrons. The fourth-order valence-corrected chi connectivity index (χ4v) is 1.83. The molecule has 0 aliphatic heterocycles. The van der Waals surface area contributed by atoms with Crippen LogP contribution in [0.2, 0.25) is 0 Å². The maximum Gasteiger partial charge on any atom is 0.159 e. The van der Waals surface area contributed by atoms with Gasteiger partial charge in [0.05, 0.1) is 0 Å². The summed E-state index contributed by atoms with van der Waals surface area (Å²) in [5.41, 5.74) is 3.37. The van der Waals surface area contributed by atoms with Crippen molar-refractivity contribution >= 4 is 5.78 Å². The summed E-state index contributed by atoms with van der Waals surface area (Å²) in [6.45, 7) is 7.34. The smallest absolute Gasteiger partial charge is 0.159 e. The molecule has 1 rings (SSSR count). The maximum atomic E-state index is 11.3. The molecule has 0 aromatic heterocycles. The van der Waals surface area contributed by atoms with Crippen LogP contribution < -0.4 is 0 Å². The topological polar surface area (TPSA) is 17.1 Å². The van der Waals surface area contributed by atoms with Crippen LogP contribution in [0.1, 0.15) is 25.0 Å². The average molecular weight is 240 g/mol. The summed E-state index contributed by atoms with van der Waals surface area (Å²) in [5.74, 6) is 0.0647. The summed E-state index contributed by atoms with van der Waals surface area (Å²) in [5, 5.41) is 0. The normalized spacial score (nSPS) is 11.8. The van der Waals surface area contributed by atoms with Gasteiger partial charge in [-0.25, -0.2) is 0 Å². The molecule has 0 unspecified atom stereocenters. The number of aryl methyl sites for hydroxylation is 1. The van der Waals surface area contributed by atoms with Crippen molar-refractivity contribution in [3.8, 4) is 0 Å². The standard InChI is InChI=1S/C17H20O/c1-4-9-16(14(3)18)12-8-13-17-11-7-6-10-15(17)5-2/h4,6-12H,1,5,13H2,2-3H3/b12-8-,16-9+. The van der Waals surface area contributed by atoms with Crippen molar-refractivity contribution < 1.29 is 4.79 Å². The van der Waals surface area contributed by atoms with Gasteiger partial charge in [-0.15, -0.1) is 0 Å². The third-order valence-electron chi connectivity index (χ3n) is 2.84. The average Bonchev–Trinajstić information content (AvgIpc) is 2.38. The fourth-order valence-electron chi connectivity index (χ4n) is 1.83. The summed E-state index contributed by atoms with van der Waals surface area (Å²) in [6.07, 6.45) is 9.17. The maximum absolute atomic E-state index is 11.3. The number of hydrogen-bond donors (Lipinski definition) is 0. The number of benzene rings is 1. The van der Waals surface area contributed by atoms with Gasteiger partial charge in [-0.05, 0) is 30.9 Å². The third-order valence-corrected chi connectivity index (χ3v) is 2.84. The number of Topliss-reactive ketones (excluding diaryl/α,β-unsaturated/α-hetero) is 1. The lowest BCUT2D eigenvalue weighted by Gasteiger charge is -2.04. The molecule has 0 aliphatic rings. The molecule has 0 spiro atoms. The quantitative estimate of drug-likeness (QED) is 0.541. The van der Waals surface area contributed by atoms with Crippen LogP contribution in [-0.2, 0) is 17.6 Å². The first-order valence-corrected chi connectivity index (χ1v) is 6.26. The highest BCUT2D eigenvalue weighted by Crippen LogP contribution is 2.11. The Balaban J connectivity index is 2.78. The second kappa shape index (κ2) is 7.44. The fraction of sp³-hybridized carbons (Fsp3) is 0.235. The first kappa shape index (κ1) is 14.2. The van der Waals surface area contributed by atoms with Crippen LogP contribution in [0.25, 0.3) is 0 Å². The summed E-state index contributed by atoms with van der Waals surface area (Å²) < 4.78 is 0. The van der Waals surface area contributed by atoms with E-state index >= 15 is 0 Å². The minimum absolute atomic E-state index is 0.0647. The van der Waals surface area contributed by atoms with Crippen LogP contribution in [0.5, 0.6) is 0 Å². The highest BCUT2D eigenvalue weighted by Gasteiger charge is 1.99. The van der Waals surface area contributed by atoms with Gasteiger partial charge in [-0.1, -0.05) is 62.1 Å². The number of ketones is 1. The Bertz CT molecular complexity index is 478. The molecule has 1 aromatic rings. The molecule has 0 N–H and O–H groups in total. The lowest BCUT2D eigenvalue weighted by molar-refractivity contribution is -0.113. The van der Waals surface area contributed by atoms with E-state index in [1.54, 1.807) is 19.1 Å². The largest absolute Gasteiger partial charge is 0.295 e. The first-order valence-electron chi connectivity index (χ1n) is 6.26. The van der Waals surface area contributed by atoms with Gasteiger partial charge >= 0.3 is 0 Å². The zero-order chi connectivity index (χ0) is 13.4. The minimum atomic E-state index is 0.0647. The van der Waals surface area contributed by atoms with Crippen LogP contribution in [0.4, 0.5) is 0 Å². The molecule has 0 bridgehead atoms. The molecular weight excluding hydrogens is 220 g/mol. The van der Waals surface area contributed by atoms with Crippen molar-refractivity contribution in [2.75, 3.05) is 0 Å². The van der Waals surface area contributed by atoms with Crippen molar-refractivity contribution in [2.24, 2.45) is 0 Å². The van der Waals surface area contributed by atoms with E-state index in [0.29, 0.717) is 5.57 Å². The minimum Gasteiger partial charge on any atom is -0.295 e. The van der Waals surface area contributed by atoms with Gasteiger partial charge in [0.2, 0.25) is 0 Å². The van der Waals surface area contributed by atoms with E-state index < -0.39 is 0 Å². The Labute approximate surface area is 110 Å². The molecule has 0 heterocycles. The highest BCUT2D eigenvalue weighted by atomic mass is 16.1. The number of carbonyl (C=O) groups excluding carboxylic acids is 1. The van der Waals surface area contributed by atoms with Crippen LogP contribution in [0.15, 0.2) is 60.7 Å². The van der Waals surface area contributed by atoms with E-state index in [1.807, 2.05) is 18.2 Å². The van der Waals surface area contributed by atoms with E-state index in [0.717, 1.165) is 12.8 Å². The molecule has 1 nitrogen and oxygen atoms in total. The van der Waals surface area contributed by atoms with Crippen LogP contribution >= 0.6 is 0 Å².